The maximum Gasteiger partial charge on any atom is 0.273 e. The monoisotopic (exact) mass is 557 g/mol. The lowest BCUT2D eigenvalue weighted by Crippen LogP contribution is -2.21. The molecule has 0 aliphatic rings. The number of hydrazone groups is 1. The minimum Gasteiger partial charge on any atom is -0.395 e. The summed E-state index contributed by atoms with van der Waals surface area (Å²) >= 11 is 3.33. The first-order valence-electron chi connectivity index (χ1n) is 10.6. The lowest BCUT2D eigenvalue weighted by atomic mass is 10.1. The molecule has 0 saturated heterocycles. The Kier molecular flexibility index (Phi) is 8.91. The average molecular weight is 558 g/mol. The van der Waals surface area contributed by atoms with Gasteiger partial charge in [-0.15, -0.1) is 0 Å². The predicted molar refractivity (Wildman–Crippen MR) is 139 cm³/mol. The van der Waals surface area contributed by atoms with E-state index in [0.717, 1.165) is 11.1 Å². The zero-order chi connectivity index (χ0) is 25.4. The number of sulfone groups is 1. The molecule has 10 heteroatoms. The first-order valence-corrected chi connectivity index (χ1v) is 13.2. The van der Waals surface area contributed by atoms with E-state index in [9.17, 15) is 18.0 Å². The average Bonchev–Trinajstić information content (AvgIpc) is 2.81. The maximum absolute atomic E-state index is 12.9. The first-order chi connectivity index (χ1) is 16.7. The molecule has 3 rings (SSSR count). The van der Waals surface area contributed by atoms with Gasteiger partial charge >= 0.3 is 0 Å². The highest BCUT2D eigenvalue weighted by Crippen LogP contribution is 2.22. The van der Waals surface area contributed by atoms with Gasteiger partial charge in [0.05, 0.1) is 35.6 Å². The van der Waals surface area contributed by atoms with Crippen LogP contribution >= 0.6 is 15.9 Å². The van der Waals surface area contributed by atoms with E-state index >= 15 is 0 Å². The van der Waals surface area contributed by atoms with E-state index in [0.29, 0.717) is 10.0 Å². The third-order valence-corrected chi connectivity index (χ3v) is 6.98. The number of carbonyl (C=O) groups is 2. The van der Waals surface area contributed by atoms with E-state index in [1.165, 1.54) is 12.3 Å². The quantitative estimate of drug-likeness (QED) is 0.273. The number of benzene rings is 3. The standard InChI is InChI=1S/C25H24BrN3O5S/c1-17-5-7-18(8-6-17)15-27-29-25(32)22-14-21(26)9-10-23(22)28-24(31)20-4-2-3-19(13-20)16-35(33,34)12-11-30/h2-10,13-15,30H,11-12,16H2,1H3,(H,28,31)(H,29,32). The Hall–Kier alpha value is -3.34. The largest absolute Gasteiger partial charge is 0.395 e. The molecule has 3 N–H and O–H groups in total. The van der Waals surface area contributed by atoms with Gasteiger partial charge in [0.1, 0.15) is 0 Å². The summed E-state index contributed by atoms with van der Waals surface area (Å²) in [4.78, 5) is 25.6. The normalized spacial score (nSPS) is 11.4. The van der Waals surface area contributed by atoms with Gasteiger partial charge in [0.2, 0.25) is 0 Å². The second-order valence-electron chi connectivity index (χ2n) is 7.77. The topological polar surface area (TPSA) is 125 Å². The van der Waals surface area contributed by atoms with Gasteiger partial charge in [0, 0.05) is 10.0 Å². The van der Waals surface area contributed by atoms with Crippen molar-refractivity contribution in [2.24, 2.45) is 5.10 Å². The van der Waals surface area contributed by atoms with Gasteiger partial charge < -0.3 is 10.4 Å². The Bertz CT molecular complexity index is 1360. The van der Waals surface area contributed by atoms with Crippen molar-refractivity contribution < 1.29 is 23.1 Å². The van der Waals surface area contributed by atoms with Crippen molar-refractivity contribution >= 4 is 49.5 Å². The summed E-state index contributed by atoms with van der Waals surface area (Å²) in [7, 11) is -3.49. The number of anilines is 1. The molecule has 0 aromatic heterocycles. The molecule has 182 valence electrons. The number of amides is 2. The smallest absolute Gasteiger partial charge is 0.273 e. The van der Waals surface area contributed by atoms with Crippen molar-refractivity contribution in [3.63, 3.8) is 0 Å². The SMILES string of the molecule is Cc1ccc(C=NNC(=O)c2cc(Br)ccc2NC(=O)c2cccc(CS(=O)(=O)CCO)c2)cc1. The van der Waals surface area contributed by atoms with Crippen molar-refractivity contribution in [3.8, 4) is 0 Å². The molecule has 0 fully saturated rings. The Morgan fingerprint density at radius 3 is 2.49 bits per heavy atom. The van der Waals surface area contributed by atoms with Crippen LogP contribution in [-0.4, -0.2) is 43.9 Å². The molecular formula is C25H24BrN3O5S. The van der Waals surface area contributed by atoms with Crippen molar-refractivity contribution in [2.75, 3.05) is 17.7 Å². The molecule has 0 heterocycles. The molecule has 0 aliphatic heterocycles. The van der Waals surface area contributed by atoms with E-state index in [4.69, 9.17) is 5.11 Å². The number of aliphatic hydroxyl groups excluding tert-OH is 1. The molecule has 35 heavy (non-hydrogen) atoms. The van der Waals surface area contributed by atoms with Crippen LogP contribution < -0.4 is 10.7 Å². The minimum absolute atomic E-state index is 0.190. The Morgan fingerprint density at radius 1 is 1.03 bits per heavy atom. The van der Waals surface area contributed by atoms with E-state index in [2.05, 4.69) is 31.8 Å². The van der Waals surface area contributed by atoms with Crippen LogP contribution in [0, 0.1) is 6.92 Å². The fraction of sp³-hybridized carbons (Fsp3) is 0.160. The highest BCUT2D eigenvalue weighted by Gasteiger charge is 2.17. The fourth-order valence-corrected chi connectivity index (χ4v) is 4.62. The van der Waals surface area contributed by atoms with Gasteiger partial charge in [-0.3, -0.25) is 9.59 Å². The van der Waals surface area contributed by atoms with Gasteiger partial charge in [0.15, 0.2) is 9.84 Å². The molecule has 3 aromatic rings. The van der Waals surface area contributed by atoms with Crippen molar-refractivity contribution in [2.45, 2.75) is 12.7 Å². The second-order valence-corrected chi connectivity index (χ2v) is 10.9. The summed E-state index contributed by atoms with van der Waals surface area (Å²) in [5.74, 6) is -1.67. The van der Waals surface area contributed by atoms with Crippen LogP contribution in [0.15, 0.2) is 76.3 Å². The molecule has 0 aliphatic carbocycles. The predicted octanol–water partition coefficient (Wildman–Crippen LogP) is 3.68. The summed E-state index contributed by atoms with van der Waals surface area (Å²) < 4.78 is 24.6. The van der Waals surface area contributed by atoms with E-state index in [1.54, 1.807) is 36.4 Å². The third kappa shape index (κ3) is 7.84. The number of hydrogen-bond acceptors (Lipinski definition) is 6. The van der Waals surface area contributed by atoms with Crippen LogP contribution in [0.5, 0.6) is 0 Å². The number of halogens is 1. The number of hydrogen-bond donors (Lipinski definition) is 3. The van der Waals surface area contributed by atoms with E-state index in [-0.39, 0.29) is 28.3 Å². The Balaban J connectivity index is 1.75. The highest BCUT2D eigenvalue weighted by molar-refractivity contribution is 9.10. The number of rotatable bonds is 9. The molecular weight excluding hydrogens is 534 g/mol. The number of aryl methyl sites for hydroxylation is 1. The molecule has 0 radical (unpaired) electrons. The van der Waals surface area contributed by atoms with E-state index in [1.807, 2.05) is 31.2 Å². The van der Waals surface area contributed by atoms with Crippen molar-refractivity contribution in [1.29, 1.82) is 0 Å². The molecule has 0 unspecified atom stereocenters. The Morgan fingerprint density at radius 2 is 1.77 bits per heavy atom. The van der Waals surface area contributed by atoms with Gasteiger partial charge in [-0.25, -0.2) is 13.8 Å². The summed E-state index contributed by atoms with van der Waals surface area (Å²) in [6.45, 7) is 1.51. The van der Waals surface area contributed by atoms with Crippen LogP contribution in [0.25, 0.3) is 0 Å². The molecule has 8 nitrogen and oxygen atoms in total. The van der Waals surface area contributed by atoms with Gasteiger partial charge in [-0.1, -0.05) is 57.9 Å². The van der Waals surface area contributed by atoms with Gasteiger partial charge in [0.25, 0.3) is 11.8 Å². The fourth-order valence-electron chi connectivity index (χ4n) is 3.15. The summed E-state index contributed by atoms with van der Waals surface area (Å²) in [6.07, 6.45) is 1.52. The first kappa shape index (κ1) is 26.3. The molecule has 0 atom stereocenters. The minimum atomic E-state index is -3.49. The van der Waals surface area contributed by atoms with Gasteiger partial charge in [-0.2, -0.15) is 5.10 Å². The number of carbonyl (C=O) groups excluding carboxylic acids is 2. The third-order valence-electron chi connectivity index (χ3n) is 4.91. The Labute approximate surface area is 212 Å². The lowest BCUT2D eigenvalue weighted by Gasteiger charge is -2.11. The lowest BCUT2D eigenvalue weighted by molar-refractivity contribution is 0.0956. The van der Waals surface area contributed by atoms with Gasteiger partial charge in [-0.05, 0) is 48.4 Å². The van der Waals surface area contributed by atoms with Crippen molar-refractivity contribution in [1.82, 2.24) is 5.43 Å². The molecule has 3 aromatic carbocycles. The van der Waals surface area contributed by atoms with Crippen LogP contribution in [-0.2, 0) is 15.6 Å². The number of nitrogens with zero attached hydrogens (tertiary/aromatic N) is 1. The molecule has 0 saturated carbocycles. The number of aliphatic hydroxyl groups is 1. The second kappa shape index (κ2) is 11.9. The van der Waals surface area contributed by atoms with Crippen LogP contribution in [0.3, 0.4) is 0 Å². The summed E-state index contributed by atoms with van der Waals surface area (Å²) in [5, 5.41) is 15.6. The molecule has 0 bridgehead atoms. The number of nitrogens with one attached hydrogen (secondary N) is 2. The zero-order valence-electron chi connectivity index (χ0n) is 18.9. The van der Waals surface area contributed by atoms with E-state index < -0.39 is 28.3 Å². The van der Waals surface area contributed by atoms with Crippen LogP contribution in [0.2, 0.25) is 0 Å². The zero-order valence-corrected chi connectivity index (χ0v) is 21.3. The summed E-state index contributed by atoms with van der Waals surface area (Å²) in [6, 6.07) is 18.6. The molecule has 2 amide bonds. The van der Waals surface area contributed by atoms with Crippen LogP contribution in [0.1, 0.15) is 37.4 Å². The highest BCUT2D eigenvalue weighted by atomic mass is 79.9. The summed E-state index contributed by atoms with van der Waals surface area (Å²) in [5.41, 5.74) is 5.49. The van der Waals surface area contributed by atoms with Crippen LogP contribution in [0.4, 0.5) is 5.69 Å². The van der Waals surface area contributed by atoms with Crippen molar-refractivity contribution in [3.05, 3.63) is 99.0 Å². The maximum atomic E-state index is 12.9. The molecule has 0 spiro atoms.